The average Bonchev–Trinajstić information content (AvgIpc) is 2.26. The van der Waals surface area contributed by atoms with Gasteiger partial charge in [0.15, 0.2) is 0 Å². The van der Waals surface area contributed by atoms with Gasteiger partial charge in [0.05, 0.1) is 0 Å². The van der Waals surface area contributed by atoms with Crippen molar-refractivity contribution in [3.05, 3.63) is 12.2 Å². The Balaban J connectivity index is 3.77. The van der Waals surface area contributed by atoms with Gasteiger partial charge >= 0.3 is 11.3 Å². The number of aliphatic carboxylic acids is 1. The number of carbonyl (C=O) groups is 2. The molecule has 0 aromatic heterocycles. The van der Waals surface area contributed by atoms with Crippen molar-refractivity contribution in [3.63, 3.8) is 0 Å². The van der Waals surface area contributed by atoms with Gasteiger partial charge in [0.1, 0.15) is 6.10 Å². The number of ether oxygens (including phenoxy) is 1. The zero-order chi connectivity index (χ0) is 12.4. The van der Waals surface area contributed by atoms with Crippen molar-refractivity contribution in [2.45, 2.75) is 25.4 Å². The van der Waals surface area contributed by atoms with E-state index >= 15 is 0 Å². The third-order valence-electron chi connectivity index (χ3n) is 1.69. The molecule has 0 aromatic carbocycles. The number of halogens is 1. The Morgan fingerprint density at radius 3 is 2.69 bits per heavy atom. The summed E-state index contributed by atoms with van der Waals surface area (Å²) in [6, 6.07) is 0. The van der Waals surface area contributed by atoms with Gasteiger partial charge in [-0.05, 0) is 24.4 Å². The molecule has 92 valence electrons. The maximum absolute atomic E-state index is 11.0. The number of carbonyl (C=O) groups excluding carboxylic acids is 1. The van der Waals surface area contributed by atoms with E-state index in [1.54, 1.807) is 12.3 Å². The molecule has 0 aliphatic rings. The van der Waals surface area contributed by atoms with E-state index in [0.29, 0.717) is 12.8 Å². The van der Waals surface area contributed by atoms with Crippen molar-refractivity contribution in [2.24, 2.45) is 0 Å². The largest absolute Gasteiger partial charge is 0.481 e. The summed E-state index contributed by atoms with van der Waals surface area (Å²) in [6.07, 6.45) is 6.50. The lowest BCUT2D eigenvalue weighted by atomic mass is 10.2. The van der Waals surface area contributed by atoms with Gasteiger partial charge in [-0.1, -0.05) is 34.7 Å². The summed E-state index contributed by atoms with van der Waals surface area (Å²) >= 11 is 3.21. The highest BCUT2D eigenvalue weighted by molar-refractivity contribution is 14.1. The van der Waals surface area contributed by atoms with E-state index in [0.717, 1.165) is 16.2 Å². The van der Waals surface area contributed by atoms with Crippen LogP contribution in [-0.4, -0.2) is 33.2 Å². The van der Waals surface area contributed by atoms with Gasteiger partial charge in [-0.2, -0.15) is 0 Å². The Hall–Kier alpha value is -0.240. The van der Waals surface area contributed by atoms with Crippen molar-refractivity contribution in [1.29, 1.82) is 0 Å². The minimum absolute atomic E-state index is 0.123. The molecule has 0 radical (unpaired) electrons. The fourth-order valence-corrected chi connectivity index (χ4v) is 1.67. The van der Waals surface area contributed by atoms with Crippen LogP contribution in [0.5, 0.6) is 0 Å². The van der Waals surface area contributed by atoms with Crippen LogP contribution < -0.4 is 0 Å². The van der Waals surface area contributed by atoms with Crippen LogP contribution in [0.4, 0.5) is 4.79 Å². The Bertz CT molecular complexity index is 255. The van der Waals surface area contributed by atoms with Crippen molar-refractivity contribution >= 4 is 45.6 Å². The molecule has 0 saturated carbocycles. The first-order valence-electron chi connectivity index (χ1n) is 4.77. The van der Waals surface area contributed by atoms with Crippen molar-refractivity contribution in [3.8, 4) is 0 Å². The maximum atomic E-state index is 11.0. The number of hydrogen-bond acceptors (Lipinski definition) is 4. The zero-order valence-corrected chi connectivity index (χ0v) is 12.0. The summed E-state index contributed by atoms with van der Waals surface area (Å²) in [4.78, 5) is 21.2. The van der Waals surface area contributed by atoms with E-state index in [9.17, 15) is 9.59 Å². The first-order chi connectivity index (χ1) is 7.60. The van der Waals surface area contributed by atoms with E-state index in [2.05, 4.69) is 22.6 Å². The average molecular weight is 358 g/mol. The van der Waals surface area contributed by atoms with Crippen molar-refractivity contribution in [1.82, 2.24) is 0 Å². The minimum Gasteiger partial charge on any atom is -0.481 e. The van der Waals surface area contributed by atoms with Gasteiger partial charge in [0.25, 0.3) is 0 Å². The first kappa shape index (κ1) is 15.8. The maximum Gasteiger partial charge on any atom is 0.367 e. The Labute approximate surface area is 113 Å². The van der Waals surface area contributed by atoms with Crippen molar-refractivity contribution in [2.75, 3.05) is 10.7 Å². The molecule has 0 rings (SSSR count). The summed E-state index contributed by atoms with van der Waals surface area (Å²) in [7, 11) is 0. The quantitative estimate of drug-likeness (QED) is 0.328. The molecule has 0 aliphatic carbocycles. The van der Waals surface area contributed by atoms with Crippen LogP contribution in [0, 0.1) is 0 Å². The Morgan fingerprint density at radius 2 is 2.19 bits per heavy atom. The molecule has 0 saturated heterocycles. The topological polar surface area (TPSA) is 63.6 Å². The minimum atomic E-state index is -0.802. The molecule has 4 nitrogen and oxygen atoms in total. The van der Waals surface area contributed by atoms with Crippen LogP contribution in [0.15, 0.2) is 12.2 Å². The standard InChI is InChI=1S/C10H15IO4S/c1-16-10(14)15-8(7-11)5-3-2-4-6-9(12)13/h2-3,8H,4-7H2,1H3,(H,12,13)/b3-2-. The summed E-state index contributed by atoms with van der Waals surface area (Å²) in [5, 5.41) is 8.13. The number of carboxylic acid groups (broad SMARTS) is 1. The van der Waals surface area contributed by atoms with Crippen molar-refractivity contribution < 1.29 is 19.4 Å². The van der Waals surface area contributed by atoms with Crippen LogP contribution in [0.25, 0.3) is 0 Å². The summed E-state index contributed by atoms with van der Waals surface area (Å²) in [6.45, 7) is 0. The normalized spacial score (nSPS) is 12.6. The number of allylic oxidation sites excluding steroid dienone is 1. The van der Waals surface area contributed by atoms with Gasteiger partial charge in [-0.15, -0.1) is 0 Å². The predicted molar refractivity (Wildman–Crippen MR) is 73.3 cm³/mol. The fourth-order valence-electron chi connectivity index (χ4n) is 0.899. The highest BCUT2D eigenvalue weighted by Gasteiger charge is 2.10. The molecule has 0 aromatic rings. The first-order valence-corrected chi connectivity index (χ1v) is 7.52. The lowest BCUT2D eigenvalue weighted by Crippen LogP contribution is -2.15. The summed E-state index contributed by atoms with van der Waals surface area (Å²) < 4.78 is 5.85. The number of alkyl halides is 1. The molecule has 0 fully saturated rings. The third kappa shape index (κ3) is 9.02. The summed E-state index contributed by atoms with van der Waals surface area (Å²) in [5.74, 6) is -0.802. The molecule has 0 amide bonds. The SMILES string of the molecule is CSC(=O)OC(CI)C/C=C\CCC(=O)O. The molecule has 6 heteroatoms. The second-order valence-electron chi connectivity index (χ2n) is 2.99. The smallest absolute Gasteiger partial charge is 0.367 e. The molecule has 1 atom stereocenters. The molecule has 16 heavy (non-hydrogen) atoms. The third-order valence-corrected chi connectivity index (χ3v) is 3.10. The van der Waals surface area contributed by atoms with Crippen LogP contribution in [-0.2, 0) is 9.53 Å². The molecule has 0 aliphatic heterocycles. The number of hydrogen-bond donors (Lipinski definition) is 1. The van der Waals surface area contributed by atoms with Crippen LogP contribution in [0.1, 0.15) is 19.3 Å². The van der Waals surface area contributed by atoms with E-state index in [1.165, 1.54) is 0 Å². The molecule has 0 heterocycles. The lowest BCUT2D eigenvalue weighted by Gasteiger charge is -2.11. The Kier molecular flexibility index (Phi) is 9.80. The van der Waals surface area contributed by atoms with Gasteiger partial charge in [0, 0.05) is 17.3 Å². The monoisotopic (exact) mass is 358 g/mol. The van der Waals surface area contributed by atoms with Crippen LogP contribution in [0.3, 0.4) is 0 Å². The fraction of sp³-hybridized carbons (Fsp3) is 0.600. The number of rotatable bonds is 7. The molecular weight excluding hydrogens is 343 g/mol. The van der Waals surface area contributed by atoms with Crippen LogP contribution in [0.2, 0.25) is 0 Å². The van der Waals surface area contributed by atoms with E-state index in [1.807, 2.05) is 6.08 Å². The Morgan fingerprint density at radius 1 is 1.50 bits per heavy atom. The highest BCUT2D eigenvalue weighted by Crippen LogP contribution is 2.10. The molecule has 1 N–H and O–H groups in total. The van der Waals surface area contributed by atoms with E-state index < -0.39 is 5.97 Å². The van der Waals surface area contributed by atoms with E-state index in [4.69, 9.17) is 9.84 Å². The number of thioether (sulfide) groups is 1. The number of carboxylic acids is 1. The van der Waals surface area contributed by atoms with Gasteiger partial charge < -0.3 is 9.84 Å². The van der Waals surface area contributed by atoms with Crippen LogP contribution >= 0.6 is 34.4 Å². The molecule has 1 unspecified atom stereocenters. The molecule has 0 bridgehead atoms. The van der Waals surface area contributed by atoms with E-state index in [-0.39, 0.29) is 17.8 Å². The predicted octanol–water partition coefficient (Wildman–Crippen LogP) is 3.10. The van der Waals surface area contributed by atoms with Gasteiger partial charge in [0.2, 0.25) is 0 Å². The molecular formula is C10H15IO4S. The molecule has 0 spiro atoms. The van der Waals surface area contributed by atoms with Gasteiger partial charge in [-0.3, -0.25) is 4.79 Å². The summed E-state index contributed by atoms with van der Waals surface area (Å²) in [5.41, 5.74) is 0. The second kappa shape index (κ2) is 9.95. The lowest BCUT2D eigenvalue weighted by molar-refractivity contribution is -0.136. The second-order valence-corrected chi connectivity index (χ2v) is 4.61. The zero-order valence-electron chi connectivity index (χ0n) is 9.02. The van der Waals surface area contributed by atoms with Gasteiger partial charge in [-0.25, -0.2) is 4.79 Å². The highest BCUT2D eigenvalue weighted by atomic mass is 127.